The Morgan fingerprint density at radius 2 is 2.00 bits per heavy atom. The minimum Gasteiger partial charge on any atom is -0.345 e. The van der Waals surface area contributed by atoms with Crippen LogP contribution in [0.4, 0.5) is 0 Å². The first-order valence-corrected chi connectivity index (χ1v) is 10.6. The molecule has 1 N–H and O–H groups in total. The molecule has 142 valence electrons. The highest BCUT2D eigenvalue weighted by molar-refractivity contribution is 7.89. The van der Waals surface area contributed by atoms with Crippen LogP contribution < -0.4 is 4.72 Å². The normalized spacial score (nSPS) is 14.3. The van der Waals surface area contributed by atoms with Gasteiger partial charge in [-0.1, -0.05) is 11.2 Å². The summed E-state index contributed by atoms with van der Waals surface area (Å²) in [6.07, 6.45) is 6.16. The molecule has 7 nitrogen and oxygen atoms in total. The third kappa shape index (κ3) is 3.68. The van der Waals surface area contributed by atoms with E-state index in [9.17, 15) is 8.42 Å². The minimum atomic E-state index is -3.63. The van der Waals surface area contributed by atoms with Crippen LogP contribution in [-0.4, -0.2) is 23.1 Å². The van der Waals surface area contributed by atoms with Gasteiger partial charge in [0.2, 0.25) is 21.7 Å². The molecule has 0 fully saturated rings. The lowest BCUT2D eigenvalue weighted by Gasteiger charge is -2.16. The van der Waals surface area contributed by atoms with Gasteiger partial charge in [-0.3, -0.25) is 0 Å². The molecule has 27 heavy (non-hydrogen) atoms. The second-order valence-electron chi connectivity index (χ2n) is 6.65. The van der Waals surface area contributed by atoms with Crippen LogP contribution in [0.5, 0.6) is 0 Å². The van der Waals surface area contributed by atoms with Crippen molar-refractivity contribution >= 4 is 10.0 Å². The highest BCUT2D eigenvalue weighted by atomic mass is 32.2. The predicted octanol–water partition coefficient (Wildman–Crippen LogP) is 2.92. The molecule has 0 unspecified atom stereocenters. The van der Waals surface area contributed by atoms with Crippen molar-refractivity contribution in [2.24, 2.45) is 0 Å². The summed E-state index contributed by atoms with van der Waals surface area (Å²) in [7, 11) is -3.63. The van der Waals surface area contributed by atoms with Crippen molar-refractivity contribution in [2.45, 2.75) is 50.6 Å². The molecule has 0 saturated carbocycles. The Balaban J connectivity index is 1.48. The molecule has 0 bridgehead atoms. The Bertz CT molecular complexity index is 1050. The lowest BCUT2D eigenvalue weighted by Crippen LogP contribution is -2.23. The number of benzene rings is 1. The molecular formula is C19H22N4O3S. The van der Waals surface area contributed by atoms with Gasteiger partial charge in [0.1, 0.15) is 0 Å². The molecule has 0 aliphatic heterocycles. The molecule has 0 amide bonds. The Hall–Kier alpha value is -2.45. The Morgan fingerprint density at radius 1 is 1.19 bits per heavy atom. The van der Waals surface area contributed by atoms with Gasteiger partial charge < -0.3 is 9.09 Å². The maximum atomic E-state index is 12.6. The smallest absolute Gasteiger partial charge is 0.242 e. The molecular weight excluding hydrogens is 364 g/mol. The number of rotatable bonds is 6. The predicted molar refractivity (Wildman–Crippen MR) is 101 cm³/mol. The molecule has 1 aromatic carbocycles. The standard InChI is InChI=1S/C19H22N4O3S/c1-2-23-11-5-8-17(23)19-21-18(26-22-19)13-20-27(24,25)16-10-9-14-6-3-4-7-15(14)12-16/h5,8-12,20H,2-4,6-7,13H2,1H3. The molecule has 3 aromatic rings. The molecule has 2 aromatic heterocycles. The van der Waals surface area contributed by atoms with E-state index in [1.165, 1.54) is 5.56 Å². The molecule has 0 radical (unpaired) electrons. The maximum absolute atomic E-state index is 12.6. The lowest BCUT2D eigenvalue weighted by molar-refractivity contribution is 0.375. The number of aromatic nitrogens is 3. The summed E-state index contributed by atoms with van der Waals surface area (Å²) in [5, 5.41) is 3.96. The van der Waals surface area contributed by atoms with Crippen LogP contribution in [0.25, 0.3) is 11.5 Å². The van der Waals surface area contributed by atoms with Gasteiger partial charge >= 0.3 is 0 Å². The number of fused-ring (bicyclic) bond motifs is 1. The van der Waals surface area contributed by atoms with Gasteiger partial charge in [-0.2, -0.15) is 4.98 Å². The van der Waals surface area contributed by atoms with E-state index < -0.39 is 10.0 Å². The number of hydrogen-bond acceptors (Lipinski definition) is 5. The third-order valence-electron chi connectivity index (χ3n) is 4.91. The molecule has 0 atom stereocenters. The van der Waals surface area contributed by atoms with Crippen molar-refractivity contribution in [3.05, 3.63) is 53.5 Å². The first-order valence-electron chi connectivity index (χ1n) is 9.16. The summed E-state index contributed by atoms with van der Waals surface area (Å²) >= 11 is 0. The molecule has 0 spiro atoms. The van der Waals surface area contributed by atoms with Gasteiger partial charge in [-0.25, -0.2) is 13.1 Å². The van der Waals surface area contributed by atoms with Crippen molar-refractivity contribution in [3.8, 4) is 11.5 Å². The number of hydrogen-bond donors (Lipinski definition) is 1. The van der Waals surface area contributed by atoms with Crippen LogP contribution in [0.15, 0.2) is 45.9 Å². The second-order valence-corrected chi connectivity index (χ2v) is 8.42. The van der Waals surface area contributed by atoms with Gasteiger partial charge in [-0.15, -0.1) is 0 Å². The van der Waals surface area contributed by atoms with E-state index in [1.54, 1.807) is 12.1 Å². The van der Waals surface area contributed by atoms with E-state index in [-0.39, 0.29) is 17.3 Å². The zero-order valence-corrected chi connectivity index (χ0v) is 16.0. The van der Waals surface area contributed by atoms with E-state index in [2.05, 4.69) is 14.9 Å². The van der Waals surface area contributed by atoms with Crippen molar-refractivity contribution in [3.63, 3.8) is 0 Å². The maximum Gasteiger partial charge on any atom is 0.242 e. The van der Waals surface area contributed by atoms with Crippen LogP contribution in [0.2, 0.25) is 0 Å². The van der Waals surface area contributed by atoms with E-state index in [4.69, 9.17) is 4.52 Å². The highest BCUT2D eigenvalue weighted by Crippen LogP contribution is 2.24. The SMILES string of the molecule is CCn1cccc1-c1noc(CNS(=O)(=O)c2ccc3c(c2)CCCC3)n1. The van der Waals surface area contributed by atoms with Gasteiger partial charge in [-0.05, 0) is 68.0 Å². The zero-order valence-electron chi connectivity index (χ0n) is 15.2. The fraction of sp³-hybridized carbons (Fsp3) is 0.368. The van der Waals surface area contributed by atoms with Crippen molar-refractivity contribution in [1.82, 2.24) is 19.4 Å². The number of nitrogens with zero attached hydrogens (tertiary/aromatic N) is 3. The summed E-state index contributed by atoms with van der Waals surface area (Å²) in [5.74, 6) is 0.681. The zero-order chi connectivity index (χ0) is 18.9. The molecule has 8 heteroatoms. The van der Waals surface area contributed by atoms with Crippen LogP contribution in [-0.2, 0) is 36.0 Å². The van der Waals surface area contributed by atoms with Gasteiger partial charge in [0, 0.05) is 12.7 Å². The Kier molecular flexibility index (Phi) is 4.84. The summed E-state index contributed by atoms with van der Waals surface area (Å²) in [6, 6.07) is 9.18. The van der Waals surface area contributed by atoms with Gasteiger partial charge in [0.25, 0.3) is 0 Å². The molecule has 4 rings (SSSR count). The molecule has 1 aliphatic rings. The van der Waals surface area contributed by atoms with Gasteiger partial charge in [0.05, 0.1) is 17.1 Å². The van der Waals surface area contributed by atoms with Crippen LogP contribution in [0, 0.1) is 0 Å². The summed E-state index contributed by atoms with van der Waals surface area (Å²) in [6.45, 7) is 2.77. The first kappa shape index (κ1) is 17.9. The fourth-order valence-electron chi connectivity index (χ4n) is 3.44. The van der Waals surface area contributed by atoms with Crippen molar-refractivity contribution in [2.75, 3.05) is 0 Å². The van der Waals surface area contributed by atoms with E-state index >= 15 is 0 Å². The Morgan fingerprint density at radius 3 is 2.81 bits per heavy atom. The van der Waals surface area contributed by atoms with E-state index in [0.717, 1.165) is 43.5 Å². The number of aryl methyl sites for hydroxylation is 3. The average molecular weight is 386 g/mol. The molecule has 1 aliphatic carbocycles. The van der Waals surface area contributed by atoms with Crippen LogP contribution in [0.3, 0.4) is 0 Å². The summed E-state index contributed by atoms with van der Waals surface area (Å²) in [5.41, 5.74) is 3.22. The highest BCUT2D eigenvalue weighted by Gasteiger charge is 2.19. The van der Waals surface area contributed by atoms with E-state index in [0.29, 0.717) is 5.82 Å². The van der Waals surface area contributed by atoms with Gasteiger partial charge in [0.15, 0.2) is 0 Å². The average Bonchev–Trinajstić information content (AvgIpc) is 3.34. The Labute approximate surface area is 158 Å². The van der Waals surface area contributed by atoms with Crippen LogP contribution >= 0.6 is 0 Å². The van der Waals surface area contributed by atoms with Crippen molar-refractivity contribution in [1.29, 1.82) is 0 Å². The quantitative estimate of drug-likeness (QED) is 0.703. The topological polar surface area (TPSA) is 90.0 Å². The fourth-order valence-corrected chi connectivity index (χ4v) is 4.47. The monoisotopic (exact) mass is 386 g/mol. The third-order valence-corrected chi connectivity index (χ3v) is 6.31. The summed E-state index contributed by atoms with van der Waals surface area (Å²) in [4.78, 5) is 4.58. The van der Waals surface area contributed by atoms with E-state index in [1.807, 2.05) is 35.9 Å². The molecule has 2 heterocycles. The summed E-state index contributed by atoms with van der Waals surface area (Å²) < 4.78 is 35.0. The lowest BCUT2D eigenvalue weighted by atomic mass is 9.92. The second kappa shape index (κ2) is 7.28. The number of nitrogens with one attached hydrogen (secondary N) is 1. The largest absolute Gasteiger partial charge is 0.345 e. The first-order chi connectivity index (χ1) is 13.1. The van der Waals surface area contributed by atoms with Crippen molar-refractivity contribution < 1.29 is 12.9 Å². The minimum absolute atomic E-state index is 0.0424. The number of sulfonamides is 1. The molecule has 0 saturated heterocycles. The van der Waals surface area contributed by atoms with Crippen LogP contribution in [0.1, 0.15) is 36.8 Å².